The first-order chi connectivity index (χ1) is 9.53. The maximum Gasteiger partial charge on any atom is 0.315 e. The van der Waals surface area contributed by atoms with Crippen LogP contribution in [0.1, 0.15) is 71.7 Å². The maximum atomic E-state index is 5.74. The standard InChI is InChI=1S/C15H28N4O/c1-5-10-16-11(2)13-18-19-14(20-13)17-12-8-6-7-9-15(12,3)4/h11-12,16H,5-10H2,1-4H3,(H,17,19). The average molecular weight is 280 g/mol. The van der Waals surface area contributed by atoms with Gasteiger partial charge in [-0.3, -0.25) is 0 Å². The van der Waals surface area contributed by atoms with E-state index in [-0.39, 0.29) is 6.04 Å². The van der Waals surface area contributed by atoms with E-state index in [4.69, 9.17) is 4.42 Å². The van der Waals surface area contributed by atoms with Gasteiger partial charge in [-0.1, -0.05) is 38.7 Å². The highest BCUT2D eigenvalue weighted by Gasteiger charge is 2.33. The average Bonchev–Trinajstić information content (AvgIpc) is 2.87. The lowest BCUT2D eigenvalue weighted by molar-refractivity contribution is 0.213. The van der Waals surface area contributed by atoms with Gasteiger partial charge in [-0.05, 0) is 38.1 Å². The topological polar surface area (TPSA) is 63.0 Å². The van der Waals surface area contributed by atoms with Crippen LogP contribution in [0.3, 0.4) is 0 Å². The van der Waals surface area contributed by atoms with Crippen LogP contribution < -0.4 is 10.6 Å². The number of hydrogen-bond donors (Lipinski definition) is 2. The van der Waals surface area contributed by atoms with Crippen LogP contribution in [0.25, 0.3) is 0 Å². The molecule has 2 atom stereocenters. The quantitative estimate of drug-likeness (QED) is 0.835. The van der Waals surface area contributed by atoms with Gasteiger partial charge in [0.1, 0.15) is 0 Å². The Labute approximate surface area is 121 Å². The summed E-state index contributed by atoms with van der Waals surface area (Å²) < 4.78 is 5.74. The maximum absolute atomic E-state index is 5.74. The molecule has 0 amide bonds. The fourth-order valence-electron chi connectivity index (χ4n) is 2.83. The summed E-state index contributed by atoms with van der Waals surface area (Å²) in [6.45, 7) is 9.78. The number of rotatable bonds is 6. The molecule has 0 radical (unpaired) electrons. The molecule has 1 aliphatic rings. The van der Waals surface area contributed by atoms with Gasteiger partial charge in [-0.25, -0.2) is 0 Å². The van der Waals surface area contributed by atoms with Gasteiger partial charge in [0.25, 0.3) is 0 Å². The molecule has 1 fully saturated rings. The minimum atomic E-state index is 0.109. The first-order valence-electron chi connectivity index (χ1n) is 7.86. The Hall–Kier alpha value is -1.10. The molecule has 2 N–H and O–H groups in total. The van der Waals surface area contributed by atoms with Crippen molar-refractivity contribution in [2.45, 2.75) is 71.9 Å². The normalized spacial score (nSPS) is 23.5. The summed E-state index contributed by atoms with van der Waals surface area (Å²) in [7, 11) is 0. The molecule has 0 bridgehead atoms. The molecule has 5 heteroatoms. The SMILES string of the molecule is CCCNC(C)c1nnc(NC2CCCCC2(C)C)o1. The Morgan fingerprint density at radius 1 is 1.35 bits per heavy atom. The highest BCUT2D eigenvalue weighted by atomic mass is 16.4. The molecular formula is C15H28N4O. The smallest absolute Gasteiger partial charge is 0.315 e. The highest BCUT2D eigenvalue weighted by Crippen LogP contribution is 2.37. The van der Waals surface area contributed by atoms with Crippen molar-refractivity contribution in [3.8, 4) is 0 Å². The number of aromatic nitrogens is 2. The molecule has 1 saturated carbocycles. The van der Waals surface area contributed by atoms with Crippen molar-refractivity contribution in [2.75, 3.05) is 11.9 Å². The Morgan fingerprint density at radius 2 is 2.15 bits per heavy atom. The van der Waals surface area contributed by atoms with Crippen molar-refractivity contribution in [1.29, 1.82) is 0 Å². The van der Waals surface area contributed by atoms with Crippen LogP contribution in [-0.2, 0) is 0 Å². The first-order valence-corrected chi connectivity index (χ1v) is 7.86. The largest absolute Gasteiger partial charge is 0.406 e. The van der Waals surface area contributed by atoms with E-state index in [2.05, 4.69) is 48.5 Å². The molecule has 20 heavy (non-hydrogen) atoms. The van der Waals surface area contributed by atoms with Crippen molar-refractivity contribution < 1.29 is 4.42 Å². The Morgan fingerprint density at radius 3 is 2.85 bits per heavy atom. The van der Waals surface area contributed by atoms with Crippen LogP contribution in [-0.4, -0.2) is 22.8 Å². The van der Waals surface area contributed by atoms with Crippen LogP contribution >= 0.6 is 0 Å². The molecular weight excluding hydrogens is 252 g/mol. The van der Waals surface area contributed by atoms with Gasteiger partial charge in [-0.2, -0.15) is 0 Å². The Balaban J connectivity index is 1.95. The summed E-state index contributed by atoms with van der Waals surface area (Å²) in [5, 5.41) is 15.1. The van der Waals surface area contributed by atoms with Crippen LogP contribution in [0.4, 0.5) is 6.01 Å². The van der Waals surface area contributed by atoms with Crippen LogP contribution in [0.2, 0.25) is 0 Å². The van der Waals surface area contributed by atoms with Gasteiger partial charge in [0.15, 0.2) is 0 Å². The second-order valence-electron chi connectivity index (χ2n) is 6.55. The van der Waals surface area contributed by atoms with E-state index in [9.17, 15) is 0 Å². The first kappa shape index (κ1) is 15.3. The van der Waals surface area contributed by atoms with Crippen molar-refractivity contribution in [2.24, 2.45) is 5.41 Å². The predicted octanol–water partition coefficient (Wildman–Crippen LogP) is 3.51. The molecule has 0 saturated heterocycles. The van der Waals surface area contributed by atoms with E-state index in [1.807, 2.05) is 0 Å². The number of anilines is 1. The van der Waals surface area contributed by atoms with Crippen molar-refractivity contribution >= 4 is 6.01 Å². The zero-order valence-electron chi connectivity index (χ0n) is 13.2. The second-order valence-corrected chi connectivity index (χ2v) is 6.55. The highest BCUT2D eigenvalue weighted by molar-refractivity contribution is 5.22. The summed E-state index contributed by atoms with van der Waals surface area (Å²) in [5.41, 5.74) is 0.291. The molecule has 1 aromatic heterocycles. The molecule has 1 aliphatic carbocycles. The van der Waals surface area contributed by atoms with Crippen molar-refractivity contribution in [3.63, 3.8) is 0 Å². The summed E-state index contributed by atoms with van der Waals surface area (Å²) in [4.78, 5) is 0. The minimum Gasteiger partial charge on any atom is -0.406 e. The summed E-state index contributed by atoms with van der Waals surface area (Å²) in [6, 6.07) is 1.09. The van der Waals surface area contributed by atoms with Gasteiger partial charge in [-0.15, -0.1) is 5.10 Å². The zero-order chi connectivity index (χ0) is 14.6. The molecule has 2 rings (SSSR count). The second kappa shape index (κ2) is 6.57. The fourth-order valence-corrected chi connectivity index (χ4v) is 2.83. The predicted molar refractivity (Wildman–Crippen MR) is 80.7 cm³/mol. The molecule has 1 aromatic rings. The molecule has 114 valence electrons. The summed E-state index contributed by atoms with van der Waals surface area (Å²) in [5.74, 6) is 0.662. The van der Waals surface area contributed by atoms with E-state index >= 15 is 0 Å². The lowest BCUT2D eigenvalue weighted by Crippen LogP contribution is -2.39. The Bertz CT molecular complexity index is 416. The fraction of sp³-hybridized carbons (Fsp3) is 0.867. The Kier molecular flexibility index (Phi) is 5.02. The van der Waals surface area contributed by atoms with Crippen LogP contribution in [0, 0.1) is 5.41 Å². The monoisotopic (exact) mass is 280 g/mol. The van der Waals surface area contributed by atoms with Gasteiger partial charge < -0.3 is 15.1 Å². The zero-order valence-corrected chi connectivity index (χ0v) is 13.2. The molecule has 5 nitrogen and oxygen atoms in total. The third kappa shape index (κ3) is 3.72. The summed E-state index contributed by atoms with van der Waals surface area (Å²) in [6.07, 6.45) is 6.11. The molecule has 0 aromatic carbocycles. The van der Waals surface area contributed by atoms with Crippen LogP contribution in [0.5, 0.6) is 0 Å². The van der Waals surface area contributed by atoms with Crippen molar-refractivity contribution in [1.82, 2.24) is 15.5 Å². The lowest BCUT2D eigenvalue weighted by atomic mass is 9.73. The lowest BCUT2D eigenvalue weighted by Gasteiger charge is -2.38. The third-order valence-electron chi connectivity index (χ3n) is 4.32. The van der Waals surface area contributed by atoms with E-state index in [1.165, 1.54) is 25.7 Å². The van der Waals surface area contributed by atoms with E-state index < -0.39 is 0 Å². The third-order valence-corrected chi connectivity index (χ3v) is 4.32. The molecule has 1 heterocycles. The number of nitrogens with zero attached hydrogens (tertiary/aromatic N) is 2. The minimum absolute atomic E-state index is 0.109. The van der Waals surface area contributed by atoms with Gasteiger partial charge in [0.2, 0.25) is 5.89 Å². The molecule has 0 spiro atoms. The van der Waals surface area contributed by atoms with Gasteiger partial charge >= 0.3 is 6.01 Å². The van der Waals surface area contributed by atoms with Gasteiger partial charge in [0, 0.05) is 6.04 Å². The van der Waals surface area contributed by atoms with Gasteiger partial charge in [0.05, 0.1) is 6.04 Å². The number of nitrogens with one attached hydrogen (secondary N) is 2. The number of hydrogen-bond acceptors (Lipinski definition) is 5. The van der Waals surface area contributed by atoms with E-state index in [0.29, 0.717) is 23.4 Å². The molecule has 0 aliphatic heterocycles. The van der Waals surface area contributed by atoms with Crippen LogP contribution in [0.15, 0.2) is 4.42 Å². The van der Waals surface area contributed by atoms with E-state index in [0.717, 1.165) is 13.0 Å². The van der Waals surface area contributed by atoms with E-state index in [1.54, 1.807) is 0 Å². The molecule has 2 unspecified atom stereocenters. The van der Waals surface area contributed by atoms with Crippen molar-refractivity contribution in [3.05, 3.63) is 5.89 Å². The summed E-state index contributed by atoms with van der Waals surface area (Å²) >= 11 is 0.